The molecule has 242 valence electrons. The number of rotatable bonds is 20. The molecule has 0 aromatic carbocycles. The van der Waals surface area contributed by atoms with E-state index in [2.05, 4.69) is 61.0 Å². The fourth-order valence-electron chi connectivity index (χ4n) is 5.65. The van der Waals surface area contributed by atoms with Crippen molar-refractivity contribution in [1.82, 2.24) is 0 Å². The number of carbonyl (C=O) groups excluding carboxylic acids is 1. The summed E-state index contributed by atoms with van der Waals surface area (Å²) in [5.74, 6) is -1.16. The van der Waals surface area contributed by atoms with Crippen molar-refractivity contribution >= 4 is 5.97 Å². The smallest absolute Gasteiger partial charge is 0.0780 e. The van der Waals surface area contributed by atoms with Crippen molar-refractivity contribution in [3.63, 3.8) is 0 Å². The number of allylic oxidation sites excluding steroid dienone is 9. The first kappa shape index (κ1) is 40.1. The summed E-state index contributed by atoms with van der Waals surface area (Å²) in [6.07, 6.45) is 35.1. The number of quaternary nitrogens is 1. The Morgan fingerprint density at radius 2 is 1.31 bits per heavy atom. The van der Waals surface area contributed by atoms with Crippen LogP contribution in [0.1, 0.15) is 151 Å². The highest BCUT2D eigenvalue weighted by molar-refractivity contribution is 5.79. The minimum Gasteiger partial charge on any atom is -0.545 e. The number of carboxylic acid groups (broad SMARTS) is 1. The van der Waals surface area contributed by atoms with Crippen LogP contribution in [0, 0.1) is 5.41 Å². The predicted molar refractivity (Wildman–Crippen MR) is 184 cm³/mol. The van der Waals surface area contributed by atoms with Gasteiger partial charge in [-0.3, -0.25) is 0 Å². The van der Waals surface area contributed by atoms with E-state index in [9.17, 15) is 9.90 Å². The molecule has 0 amide bonds. The van der Waals surface area contributed by atoms with E-state index in [-0.39, 0.29) is 5.41 Å². The van der Waals surface area contributed by atoms with Crippen LogP contribution in [0.2, 0.25) is 0 Å². The first-order valence-electron chi connectivity index (χ1n) is 17.2. The molecular formula is C39H69NO2. The summed E-state index contributed by atoms with van der Waals surface area (Å²) in [5.41, 5.74) is 4.99. The van der Waals surface area contributed by atoms with Crippen LogP contribution in [-0.4, -0.2) is 38.1 Å². The van der Waals surface area contributed by atoms with Gasteiger partial charge in [0.25, 0.3) is 0 Å². The normalized spacial score (nSPS) is 16.3. The van der Waals surface area contributed by atoms with Gasteiger partial charge in [-0.25, -0.2) is 0 Å². The molecule has 1 aliphatic rings. The maximum absolute atomic E-state index is 10.4. The quantitative estimate of drug-likeness (QED) is 0.0619. The van der Waals surface area contributed by atoms with Crippen molar-refractivity contribution in [3.8, 4) is 0 Å². The number of carboxylic acids is 1. The van der Waals surface area contributed by atoms with Crippen molar-refractivity contribution < 1.29 is 14.4 Å². The highest BCUT2D eigenvalue weighted by Gasteiger charge is 2.26. The maximum atomic E-state index is 10.4. The molecule has 3 nitrogen and oxygen atoms in total. The topological polar surface area (TPSA) is 40.1 Å². The van der Waals surface area contributed by atoms with Gasteiger partial charge in [-0.1, -0.05) is 139 Å². The molecule has 0 unspecified atom stereocenters. The first-order valence-corrected chi connectivity index (χ1v) is 17.2. The zero-order valence-corrected chi connectivity index (χ0v) is 29.5. The monoisotopic (exact) mass is 584 g/mol. The Balaban J connectivity index is 0.000000805. The van der Waals surface area contributed by atoms with Crippen LogP contribution in [-0.2, 0) is 4.79 Å². The second-order valence-corrected chi connectivity index (χ2v) is 14.4. The Labute approximate surface area is 262 Å². The Bertz CT molecular complexity index is 877. The van der Waals surface area contributed by atoms with Crippen LogP contribution in [0.3, 0.4) is 0 Å². The van der Waals surface area contributed by atoms with Gasteiger partial charge in [-0.15, -0.1) is 0 Å². The Kier molecular flexibility index (Phi) is 22.5. The lowest BCUT2D eigenvalue weighted by atomic mass is 9.72. The number of hydrogen-bond acceptors (Lipinski definition) is 2. The molecule has 3 heteroatoms. The molecule has 0 aromatic heterocycles. The molecule has 0 bridgehead atoms. The van der Waals surface area contributed by atoms with Crippen molar-refractivity contribution in [1.29, 1.82) is 0 Å². The molecule has 0 saturated carbocycles. The van der Waals surface area contributed by atoms with Crippen LogP contribution in [0.25, 0.3) is 0 Å². The highest BCUT2D eigenvalue weighted by atomic mass is 16.4. The van der Waals surface area contributed by atoms with E-state index in [1.165, 1.54) is 127 Å². The van der Waals surface area contributed by atoms with E-state index >= 15 is 0 Å². The van der Waals surface area contributed by atoms with E-state index in [1.54, 1.807) is 13.0 Å². The standard InChI is InChI=1S/C20H28O2.C19H42N/c1-15(8-6-9-16(2)14-19(21)22)11-12-18-17(3)10-7-13-20(18,4)5;1-5-6-7-8-9-10-11-12-13-14-15-16-17-18-19-20(2,3)4/h6,8-9,11-12,14H,7,10,13H2,1-5H3,(H,21,22);5-19H2,1-4H3/q;+1/p-1/b9-6+,12-11+,15-8+,16-14+;. The molecule has 0 radical (unpaired) electrons. The van der Waals surface area contributed by atoms with E-state index < -0.39 is 5.97 Å². The van der Waals surface area contributed by atoms with Gasteiger partial charge in [0, 0.05) is 0 Å². The lowest BCUT2D eigenvalue weighted by Gasteiger charge is -2.32. The molecule has 0 aliphatic heterocycles. The number of aliphatic carboxylic acids is 1. The predicted octanol–water partition coefficient (Wildman–Crippen LogP) is 10.4. The van der Waals surface area contributed by atoms with Crippen LogP contribution >= 0.6 is 0 Å². The van der Waals surface area contributed by atoms with Crippen LogP contribution in [0.15, 0.2) is 58.7 Å². The molecule has 0 fully saturated rings. The second kappa shape index (κ2) is 23.6. The Morgan fingerprint density at radius 3 is 1.76 bits per heavy atom. The van der Waals surface area contributed by atoms with Gasteiger partial charge in [-0.05, 0) is 75.5 Å². The molecule has 0 spiro atoms. The molecule has 1 rings (SSSR count). The van der Waals surface area contributed by atoms with Crippen molar-refractivity contribution in [2.45, 2.75) is 151 Å². The van der Waals surface area contributed by atoms with Gasteiger partial charge < -0.3 is 14.4 Å². The number of nitrogens with zero attached hydrogens (tertiary/aromatic N) is 1. The maximum Gasteiger partial charge on any atom is 0.0780 e. The average Bonchev–Trinajstić information content (AvgIpc) is 2.87. The number of hydrogen-bond donors (Lipinski definition) is 0. The van der Waals surface area contributed by atoms with Crippen molar-refractivity contribution in [2.24, 2.45) is 5.41 Å². The lowest BCUT2D eigenvalue weighted by molar-refractivity contribution is -0.870. The molecular weight excluding hydrogens is 514 g/mol. The van der Waals surface area contributed by atoms with E-state index in [1.807, 2.05) is 19.1 Å². The molecule has 0 N–H and O–H groups in total. The van der Waals surface area contributed by atoms with Crippen LogP contribution in [0.4, 0.5) is 0 Å². The van der Waals surface area contributed by atoms with Gasteiger partial charge >= 0.3 is 0 Å². The fraction of sp³-hybridized carbons (Fsp3) is 0.718. The zero-order valence-electron chi connectivity index (χ0n) is 29.5. The number of carbonyl (C=O) groups is 1. The zero-order chi connectivity index (χ0) is 31.9. The molecule has 0 heterocycles. The third kappa shape index (κ3) is 23.7. The van der Waals surface area contributed by atoms with E-state index in [0.717, 1.165) is 16.1 Å². The Hall–Kier alpha value is -1.87. The average molecular weight is 584 g/mol. The lowest BCUT2D eigenvalue weighted by Crippen LogP contribution is -2.35. The fourth-order valence-corrected chi connectivity index (χ4v) is 5.65. The van der Waals surface area contributed by atoms with Crippen LogP contribution in [0.5, 0.6) is 0 Å². The van der Waals surface area contributed by atoms with Gasteiger partial charge in [0.05, 0.1) is 33.7 Å². The minimum atomic E-state index is -1.16. The van der Waals surface area contributed by atoms with Crippen molar-refractivity contribution in [3.05, 3.63) is 58.7 Å². The third-order valence-corrected chi connectivity index (χ3v) is 8.30. The van der Waals surface area contributed by atoms with E-state index in [4.69, 9.17) is 0 Å². The summed E-state index contributed by atoms with van der Waals surface area (Å²) in [6.45, 7) is 14.3. The summed E-state index contributed by atoms with van der Waals surface area (Å²) in [6, 6.07) is 0. The second-order valence-electron chi connectivity index (χ2n) is 14.4. The van der Waals surface area contributed by atoms with Gasteiger partial charge in [0.2, 0.25) is 0 Å². The molecule has 0 saturated heterocycles. The highest BCUT2D eigenvalue weighted by Crippen LogP contribution is 2.40. The third-order valence-electron chi connectivity index (χ3n) is 8.30. The molecule has 0 atom stereocenters. The summed E-state index contributed by atoms with van der Waals surface area (Å²) in [4.78, 5) is 10.4. The summed E-state index contributed by atoms with van der Waals surface area (Å²) >= 11 is 0. The van der Waals surface area contributed by atoms with Gasteiger partial charge in [0.15, 0.2) is 0 Å². The first-order chi connectivity index (χ1) is 19.8. The molecule has 0 aromatic rings. The SMILES string of the molecule is CC1=C(/C=C/C(C)=C/C=C/C(C)=C/C(=O)[O-])C(C)(C)CCC1.CCCCCCCCCCCCCCCC[N+](C)(C)C. The molecule has 42 heavy (non-hydrogen) atoms. The van der Waals surface area contributed by atoms with Gasteiger partial charge in [0.1, 0.15) is 0 Å². The summed E-state index contributed by atoms with van der Waals surface area (Å²) in [5, 5.41) is 10.4. The van der Waals surface area contributed by atoms with E-state index in [0.29, 0.717) is 5.57 Å². The largest absolute Gasteiger partial charge is 0.545 e. The molecule has 1 aliphatic carbocycles. The summed E-state index contributed by atoms with van der Waals surface area (Å²) in [7, 11) is 6.88. The Morgan fingerprint density at radius 1 is 0.810 bits per heavy atom. The van der Waals surface area contributed by atoms with Gasteiger partial charge in [-0.2, -0.15) is 0 Å². The van der Waals surface area contributed by atoms with Crippen LogP contribution < -0.4 is 5.11 Å². The summed E-state index contributed by atoms with van der Waals surface area (Å²) < 4.78 is 1.12. The number of unbranched alkanes of at least 4 members (excludes halogenated alkanes) is 13. The minimum absolute atomic E-state index is 0.253. The van der Waals surface area contributed by atoms with Crippen molar-refractivity contribution in [2.75, 3.05) is 27.7 Å².